The summed E-state index contributed by atoms with van der Waals surface area (Å²) in [5.74, 6) is 0. The second-order valence-electron chi connectivity index (χ2n) is 3.35. The fraction of sp³-hybridized carbons (Fsp3) is 0.400. The van der Waals surface area contributed by atoms with Crippen LogP contribution >= 0.6 is 15.9 Å². The summed E-state index contributed by atoms with van der Waals surface area (Å²) < 4.78 is 0.654. The van der Waals surface area contributed by atoms with E-state index in [1.165, 1.54) is 6.07 Å². The topological polar surface area (TPSA) is 75.4 Å². The number of nitrogens with zero attached hydrogens (tertiary/aromatic N) is 1. The minimum Gasteiger partial charge on any atom is -0.394 e. The van der Waals surface area contributed by atoms with E-state index >= 15 is 0 Å². The van der Waals surface area contributed by atoms with Gasteiger partial charge in [-0.15, -0.1) is 0 Å². The van der Waals surface area contributed by atoms with Crippen molar-refractivity contribution < 1.29 is 10.0 Å². The molecule has 0 heterocycles. The van der Waals surface area contributed by atoms with Gasteiger partial charge in [0.2, 0.25) is 0 Å². The van der Waals surface area contributed by atoms with Gasteiger partial charge in [0.25, 0.3) is 5.69 Å². The Morgan fingerprint density at radius 2 is 2.31 bits per heavy atom. The molecule has 88 valence electrons. The number of benzene rings is 1. The van der Waals surface area contributed by atoms with Crippen LogP contribution in [0.1, 0.15) is 13.3 Å². The molecule has 1 unspecified atom stereocenters. The van der Waals surface area contributed by atoms with Crippen LogP contribution in [0.2, 0.25) is 0 Å². The van der Waals surface area contributed by atoms with Gasteiger partial charge in [-0.3, -0.25) is 10.1 Å². The van der Waals surface area contributed by atoms with E-state index in [1.807, 2.05) is 6.92 Å². The van der Waals surface area contributed by atoms with Gasteiger partial charge in [0.1, 0.15) is 5.69 Å². The maximum absolute atomic E-state index is 10.8. The number of rotatable bonds is 5. The minimum atomic E-state index is -0.447. The van der Waals surface area contributed by atoms with Gasteiger partial charge in [-0.2, -0.15) is 0 Å². The molecule has 1 aromatic carbocycles. The Kier molecular flexibility index (Phi) is 4.70. The number of aliphatic hydroxyl groups is 1. The molecule has 0 aliphatic rings. The molecule has 0 amide bonds. The lowest BCUT2D eigenvalue weighted by Crippen LogP contribution is -2.23. The third-order valence-corrected chi connectivity index (χ3v) is 2.72. The predicted octanol–water partition coefficient (Wildman–Crippen LogP) is 2.54. The molecule has 1 aromatic rings. The summed E-state index contributed by atoms with van der Waals surface area (Å²) in [4.78, 5) is 10.4. The Morgan fingerprint density at radius 3 is 2.81 bits per heavy atom. The van der Waals surface area contributed by atoms with Gasteiger partial charge in [0.05, 0.1) is 11.5 Å². The van der Waals surface area contributed by atoms with Gasteiger partial charge in [0, 0.05) is 16.6 Å². The first kappa shape index (κ1) is 12.9. The van der Waals surface area contributed by atoms with Crippen molar-refractivity contribution in [3.63, 3.8) is 0 Å². The van der Waals surface area contributed by atoms with Crippen molar-refractivity contribution in [2.75, 3.05) is 11.9 Å². The number of nitro groups is 1. The number of nitro benzene ring substituents is 1. The van der Waals surface area contributed by atoms with Gasteiger partial charge in [-0.25, -0.2) is 0 Å². The molecule has 2 N–H and O–H groups in total. The zero-order valence-electron chi connectivity index (χ0n) is 8.81. The Balaban J connectivity index is 2.98. The molecule has 0 saturated heterocycles. The molecule has 0 radical (unpaired) electrons. The lowest BCUT2D eigenvalue weighted by molar-refractivity contribution is -0.384. The number of nitrogens with one attached hydrogen (secondary N) is 1. The van der Waals surface area contributed by atoms with E-state index in [2.05, 4.69) is 21.2 Å². The monoisotopic (exact) mass is 288 g/mol. The second kappa shape index (κ2) is 5.81. The Bertz CT molecular complexity index is 380. The molecular formula is C10H13BrN2O3. The van der Waals surface area contributed by atoms with E-state index in [-0.39, 0.29) is 18.3 Å². The van der Waals surface area contributed by atoms with E-state index in [0.29, 0.717) is 16.6 Å². The van der Waals surface area contributed by atoms with Gasteiger partial charge in [-0.05, 0) is 18.6 Å². The molecule has 0 spiro atoms. The average molecular weight is 289 g/mol. The first-order chi connectivity index (χ1) is 7.58. The highest BCUT2D eigenvalue weighted by Crippen LogP contribution is 2.28. The number of hydrogen-bond acceptors (Lipinski definition) is 4. The molecule has 6 heteroatoms. The lowest BCUT2D eigenvalue weighted by Gasteiger charge is -2.15. The fourth-order valence-corrected chi connectivity index (χ4v) is 1.62. The van der Waals surface area contributed by atoms with Crippen LogP contribution in [-0.2, 0) is 0 Å². The number of aliphatic hydroxyl groups excluding tert-OH is 1. The number of anilines is 1. The largest absolute Gasteiger partial charge is 0.394 e. The van der Waals surface area contributed by atoms with Gasteiger partial charge in [0.15, 0.2) is 0 Å². The van der Waals surface area contributed by atoms with Crippen molar-refractivity contribution in [2.45, 2.75) is 19.4 Å². The van der Waals surface area contributed by atoms with E-state index in [1.54, 1.807) is 12.1 Å². The molecule has 5 nitrogen and oxygen atoms in total. The van der Waals surface area contributed by atoms with Crippen LogP contribution < -0.4 is 5.32 Å². The summed E-state index contributed by atoms with van der Waals surface area (Å²) in [5, 5.41) is 22.8. The molecule has 0 bridgehead atoms. The number of halogens is 1. The highest BCUT2D eigenvalue weighted by atomic mass is 79.9. The van der Waals surface area contributed by atoms with Crippen LogP contribution in [0, 0.1) is 10.1 Å². The summed E-state index contributed by atoms with van der Waals surface area (Å²) in [6.07, 6.45) is 0.698. The van der Waals surface area contributed by atoms with Crippen LogP contribution in [0.3, 0.4) is 0 Å². The molecular weight excluding hydrogens is 276 g/mol. The minimum absolute atomic E-state index is 0.00118. The van der Waals surface area contributed by atoms with E-state index in [0.717, 1.165) is 0 Å². The average Bonchev–Trinajstić information content (AvgIpc) is 2.27. The normalized spacial score (nSPS) is 12.2. The smallest absolute Gasteiger partial charge is 0.293 e. The Labute approximate surface area is 102 Å². The second-order valence-corrected chi connectivity index (χ2v) is 4.27. The summed E-state index contributed by atoms with van der Waals surface area (Å²) in [6, 6.07) is 4.62. The Morgan fingerprint density at radius 1 is 1.62 bits per heavy atom. The van der Waals surface area contributed by atoms with Gasteiger partial charge in [-0.1, -0.05) is 22.9 Å². The fourth-order valence-electron chi connectivity index (χ4n) is 1.27. The SMILES string of the molecule is CCC(CO)Nc1ccc(Br)cc1[N+](=O)[O-]. The lowest BCUT2D eigenvalue weighted by atomic mass is 10.2. The zero-order chi connectivity index (χ0) is 12.1. The molecule has 0 fully saturated rings. The summed E-state index contributed by atoms with van der Waals surface area (Å²) in [7, 11) is 0. The van der Waals surface area contributed by atoms with E-state index in [4.69, 9.17) is 5.11 Å². The predicted molar refractivity (Wildman–Crippen MR) is 65.6 cm³/mol. The van der Waals surface area contributed by atoms with Crippen molar-refractivity contribution in [1.29, 1.82) is 0 Å². The first-order valence-corrected chi connectivity index (χ1v) is 5.69. The maximum Gasteiger partial charge on any atom is 0.293 e. The molecule has 1 atom stereocenters. The van der Waals surface area contributed by atoms with Crippen molar-refractivity contribution >= 4 is 27.3 Å². The number of hydrogen-bond donors (Lipinski definition) is 2. The molecule has 1 rings (SSSR count). The quantitative estimate of drug-likeness (QED) is 0.645. The van der Waals surface area contributed by atoms with Crippen molar-refractivity contribution in [3.8, 4) is 0 Å². The van der Waals surface area contributed by atoms with Crippen molar-refractivity contribution in [1.82, 2.24) is 0 Å². The summed E-state index contributed by atoms with van der Waals surface area (Å²) >= 11 is 3.18. The molecule has 0 saturated carbocycles. The highest BCUT2D eigenvalue weighted by molar-refractivity contribution is 9.10. The van der Waals surface area contributed by atoms with Crippen LogP contribution in [0.25, 0.3) is 0 Å². The van der Waals surface area contributed by atoms with Crippen LogP contribution in [0.5, 0.6) is 0 Å². The van der Waals surface area contributed by atoms with E-state index < -0.39 is 4.92 Å². The van der Waals surface area contributed by atoms with Gasteiger partial charge >= 0.3 is 0 Å². The third-order valence-electron chi connectivity index (χ3n) is 2.23. The summed E-state index contributed by atoms with van der Waals surface area (Å²) in [6.45, 7) is 1.85. The van der Waals surface area contributed by atoms with E-state index in [9.17, 15) is 10.1 Å². The third kappa shape index (κ3) is 3.18. The van der Waals surface area contributed by atoms with Crippen molar-refractivity contribution in [2.24, 2.45) is 0 Å². The first-order valence-electron chi connectivity index (χ1n) is 4.89. The zero-order valence-corrected chi connectivity index (χ0v) is 10.4. The van der Waals surface area contributed by atoms with Gasteiger partial charge < -0.3 is 10.4 Å². The van der Waals surface area contributed by atoms with Crippen LogP contribution in [0.15, 0.2) is 22.7 Å². The maximum atomic E-state index is 10.8. The Hall–Kier alpha value is -1.14. The molecule has 16 heavy (non-hydrogen) atoms. The highest BCUT2D eigenvalue weighted by Gasteiger charge is 2.16. The molecule has 0 aromatic heterocycles. The van der Waals surface area contributed by atoms with Crippen molar-refractivity contribution in [3.05, 3.63) is 32.8 Å². The standard InChI is InChI=1S/C10H13BrN2O3/c1-2-8(6-14)12-9-4-3-7(11)5-10(9)13(15)16/h3-5,8,12,14H,2,6H2,1H3. The summed E-state index contributed by atoms with van der Waals surface area (Å²) in [5.41, 5.74) is 0.426. The van der Waals surface area contributed by atoms with Crippen LogP contribution in [-0.4, -0.2) is 22.7 Å². The molecule has 0 aliphatic carbocycles. The van der Waals surface area contributed by atoms with Crippen LogP contribution in [0.4, 0.5) is 11.4 Å². The molecule has 0 aliphatic heterocycles.